The highest BCUT2D eigenvalue weighted by Crippen LogP contribution is 2.33. The standard InChI is InChI=1S/C27H34N4O/c1-4-21-9-8-10-22(15-21)19-28-25-17-27(29-18-20(25)2)30-24-12-11-23(16-26(24)32-3)31-13-6-5-7-14-31/h8-12,15-18H,4-7,13-14,19H2,1-3H3,(H2,28,29,30). The summed E-state index contributed by atoms with van der Waals surface area (Å²) < 4.78 is 5.70. The van der Waals surface area contributed by atoms with Crippen molar-refractivity contribution in [3.63, 3.8) is 0 Å². The molecule has 2 aromatic carbocycles. The molecule has 1 fully saturated rings. The van der Waals surface area contributed by atoms with Gasteiger partial charge in [0, 0.05) is 49.3 Å². The molecule has 5 nitrogen and oxygen atoms in total. The second kappa shape index (κ2) is 10.4. The van der Waals surface area contributed by atoms with Gasteiger partial charge in [0.25, 0.3) is 0 Å². The van der Waals surface area contributed by atoms with Crippen LogP contribution in [-0.2, 0) is 13.0 Å². The molecule has 0 spiro atoms. The maximum atomic E-state index is 5.70. The number of nitrogens with zero attached hydrogens (tertiary/aromatic N) is 2. The van der Waals surface area contributed by atoms with E-state index in [0.717, 1.165) is 54.6 Å². The Bertz CT molecular complexity index is 1040. The second-order valence-corrected chi connectivity index (χ2v) is 8.47. The molecule has 4 rings (SSSR count). The molecule has 0 bridgehead atoms. The van der Waals surface area contributed by atoms with Gasteiger partial charge in [0.15, 0.2) is 0 Å². The lowest BCUT2D eigenvalue weighted by atomic mass is 10.1. The summed E-state index contributed by atoms with van der Waals surface area (Å²) in [5, 5.41) is 7.01. The number of aromatic nitrogens is 1. The van der Waals surface area contributed by atoms with E-state index in [2.05, 4.69) is 82.9 Å². The normalized spacial score (nSPS) is 13.7. The van der Waals surface area contributed by atoms with Crippen molar-refractivity contribution in [2.45, 2.75) is 46.1 Å². The lowest BCUT2D eigenvalue weighted by molar-refractivity contribution is 0.416. The van der Waals surface area contributed by atoms with E-state index in [-0.39, 0.29) is 0 Å². The van der Waals surface area contributed by atoms with E-state index in [4.69, 9.17) is 4.74 Å². The Hall–Kier alpha value is -3.21. The van der Waals surface area contributed by atoms with Gasteiger partial charge in [-0.2, -0.15) is 0 Å². The molecule has 1 aromatic heterocycles. The van der Waals surface area contributed by atoms with Gasteiger partial charge in [-0.3, -0.25) is 0 Å². The zero-order valence-electron chi connectivity index (χ0n) is 19.4. The summed E-state index contributed by atoms with van der Waals surface area (Å²) in [5.74, 6) is 1.63. The van der Waals surface area contributed by atoms with Gasteiger partial charge in [0.2, 0.25) is 0 Å². The Morgan fingerprint density at radius 3 is 2.56 bits per heavy atom. The van der Waals surface area contributed by atoms with Gasteiger partial charge in [-0.1, -0.05) is 31.2 Å². The van der Waals surface area contributed by atoms with Gasteiger partial charge < -0.3 is 20.3 Å². The summed E-state index contributed by atoms with van der Waals surface area (Å²) in [6.07, 6.45) is 6.80. The quantitative estimate of drug-likeness (QED) is 0.439. The van der Waals surface area contributed by atoms with Crippen LogP contribution in [0.25, 0.3) is 0 Å². The average molecular weight is 431 g/mol. The lowest BCUT2D eigenvalue weighted by Gasteiger charge is -2.29. The van der Waals surface area contributed by atoms with Crippen LogP contribution < -0.4 is 20.3 Å². The van der Waals surface area contributed by atoms with Gasteiger partial charge in [0.1, 0.15) is 11.6 Å². The van der Waals surface area contributed by atoms with Gasteiger partial charge in [-0.25, -0.2) is 4.98 Å². The molecule has 1 aliphatic heterocycles. The zero-order chi connectivity index (χ0) is 22.3. The molecule has 0 radical (unpaired) electrons. The Balaban J connectivity index is 1.48. The highest BCUT2D eigenvalue weighted by molar-refractivity contribution is 5.71. The van der Waals surface area contributed by atoms with E-state index in [1.54, 1.807) is 7.11 Å². The molecule has 1 aliphatic rings. The smallest absolute Gasteiger partial charge is 0.144 e. The van der Waals surface area contributed by atoms with Gasteiger partial charge in [0.05, 0.1) is 12.8 Å². The summed E-state index contributed by atoms with van der Waals surface area (Å²) in [6.45, 7) is 7.28. The number of hydrogen-bond acceptors (Lipinski definition) is 5. The van der Waals surface area contributed by atoms with Crippen molar-refractivity contribution < 1.29 is 4.74 Å². The minimum atomic E-state index is 0.784. The largest absolute Gasteiger partial charge is 0.494 e. The Morgan fingerprint density at radius 2 is 1.78 bits per heavy atom. The fourth-order valence-electron chi connectivity index (χ4n) is 4.21. The molecule has 0 unspecified atom stereocenters. The second-order valence-electron chi connectivity index (χ2n) is 8.47. The third-order valence-corrected chi connectivity index (χ3v) is 6.15. The molecule has 0 saturated carbocycles. The van der Waals surface area contributed by atoms with Crippen molar-refractivity contribution in [2.24, 2.45) is 0 Å². The van der Waals surface area contributed by atoms with Crippen LogP contribution in [0.3, 0.4) is 0 Å². The predicted octanol–water partition coefficient (Wildman–Crippen LogP) is 6.31. The first-order valence-corrected chi connectivity index (χ1v) is 11.6. The molecule has 0 amide bonds. The van der Waals surface area contributed by atoms with Crippen molar-refractivity contribution in [1.29, 1.82) is 0 Å². The van der Waals surface area contributed by atoms with Gasteiger partial charge in [-0.05, 0) is 61.4 Å². The van der Waals surface area contributed by atoms with Crippen LogP contribution in [0, 0.1) is 6.92 Å². The zero-order valence-corrected chi connectivity index (χ0v) is 19.4. The Morgan fingerprint density at radius 1 is 0.969 bits per heavy atom. The third-order valence-electron chi connectivity index (χ3n) is 6.15. The topological polar surface area (TPSA) is 49.4 Å². The summed E-state index contributed by atoms with van der Waals surface area (Å²) >= 11 is 0. The summed E-state index contributed by atoms with van der Waals surface area (Å²) in [4.78, 5) is 7.03. The first-order chi connectivity index (χ1) is 15.7. The van der Waals surface area contributed by atoms with Crippen molar-refractivity contribution in [3.8, 4) is 5.75 Å². The minimum absolute atomic E-state index is 0.784. The number of aryl methyl sites for hydroxylation is 2. The highest BCUT2D eigenvalue weighted by atomic mass is 16.5. The summed E-state index contributed by atoms with van der Waals surface area (Å²) in [6, 6.07) is 17.2. The molecule has 2 heterocycles. The maximum Gasteiger partial charge on any atom is 0.144 e. The van der Waals surface area contributed by atoms with E-state index < -0.39 is 0 Å². The van der Waals surface area contributed by atoms with Gasteiger partial charge >= 0.3 is 0 Å². The first kappa shape index (κ1) is 22.0. The fraction of sp³-hybridized carbons (Fsp3) is 0.370. The van der Waals surface area contributed by atoms with Crippen LogP contribution in [0.4, 0.5) is 22.9 Å². The fourth-order valence-corrected chi connectivity index (χ4v) is 4.21. The number of nitrogens with one attached hydrogen (secondary N) is 2. The number of rotatable bonds is 8. The van der Waals surface area contributed by atoms with Crippen LogP contribution in [0.15, 0.2) is 54.7 Å². The van der Waals surface area contributed by atoms with E-state index in [1.165, 1.54) is 36.1 Å². The molecule has 0 aliphatic carbocycles. The van der Waals surface area contributed by atoms with Crippen molar-refractivity contribution in [1.82, 2.24) is 4.98 Å². The van der Waals surface area contributed by atoms with Crippen molar-refractivity contribution in [3.05, 3.63) is 71.4 Å². The van der Waals surface area contributed by atoms with Crippen molar-refractivity contribution >= 4 is 22.9 Å². The molecule has 3 aromatic rings. The molecular weight excluding hydrogens is 396 g/mol. The van der Waals surface area contributed by atoms with Crippen molar-refractivity contribution in [2.75, 3.05) is 35.7 Å². The predicted molar refractivity (Wildman–Crippen MR) is 134 cm³/mol. The Kier molecular flexibility index (Phi) is 7.15. The SMILES string of the molecule is CCc1cccc(CNc2cc(Nc3ccc(N4CCCCC4)cc3OC)ncc2C)c1. The van der Waals surface area contributed by atoms with Crippen LogP contribution in [0.2, 0.25) is 0 Å². The van der Waals surface area contributed by atoms with Crippen LogP contribution in [-0.4, -0.2) is 25.2 Å². The lowest BCUT2D eigenvalue weighted by Crippen LogP contribution is -2.29. The number of piperidine rings is 1. The van der Waals surface area contributed by atoms with E-state index in [9.17, 15) is 0 Å². The Labute approximate surface area is 191 Å². The van der Waals surface area contributed by atoms with E-state index in [1.807, 2.05) is 6.20 Å². The monoisotopic (exact) mass is 430 g/mol. The average Bonchev–Trinajstić information content (AvgIpc) is 2.85. The molecule has 0 atom stereocenters. The molecule has 32 heavy (non-hydrogen) atoms. The summed E-state index contributed by atoms with van der Waals surface area (Å²) in [5.41, 5.74) is 6.98. The summed E-state index contributed by atoms with van der Waals surface area (Å²) in [7, 11) is 1.72. The number of methoxy groups -OCH3 is 1. The highest BCUT2D eigenvalue weighted by Gasteiger charge is 2.14. The number of ether oxygens (including phenoxy) is 1. The number of hydrogen-bond donors (Lipinski definition) is 2. The van der Waals surface area contributed by atoms with Crippen LogP contribution in [0.5, 0.6) is 5.75 Å². The van der Waals surface area contributed by atoms with Gasteiger partial charge in [-0.15, -0.1) is 0 Å². The first-order valence-electron chi connectivity index (χ1n) is 11.6. The number of pyridine rings is 1. The van der Waals surface area contributed by atoms with Crippen LogP contribution >= 0.6 is 0 Å². The molecule has 1 saturated heterocycles. The molecular formula is C27H34N4O. The number of anilines is 4. The molecule has 2 N–H and O–H groups in total. The third kappa shape index (κ3) is 5.34. The van der Waals surface area contributed by atoms with E-state index >= 15 is 0 Å². The molecule has 168 valence electrons. The van der Waals surface area contributed by atoms with E-state index in [0.29, 0.717) is 0 Å². The maximum absolute atomic E-state index is 5.70. The minimum Gasteiger partial charge on any atom is -0.494 e. The molecule has 5 heteroatoms. The number of benzene rings is 2. The van der Waals surface area contributed by atoms with Crippen LogP contribution in [0.1, 0.15) is 42.9 Å².